The molecule has 0 saturated heterocycles. The normalized spacial score (nSPS) is 11.6. The highest BCUT2D eigenvalue weighted by atomic mass is 79.9. The minimum Gasteiger partial charge on any atom is -0.481 e. The molecule has 0 heterocycles. The van der Waals surface area contributed by atoms with E-state index in [-0.39, 0.29) is 5.56 Å². The average molecular weight is 409 g/mol. The standard InChI is InChI=1S/C18H18BrFN2O3/c1-10-5-4-6-16(11(10)2)25-12(3)17(23)21-22-18(24)14-8-7-13(19)9-15(14)20/h4-9,12H,1-3H3,(H,21,23)(H,22,24)/t12-/m0/s1. The Morgan fingerprint density at radius 3 is 2.56 bits per heavy atom. The predicted octanol–water partition coefficient (Wildman–Crippen LogP) is 3.43. The second kappa shape index (κ2) is 8.11. The first kappa shape index (κ1) is 18.9. The molecule has 25 heavy (non-hydrogen) atoms. The van der Waals surface area contributed by atoms with Crippen LogP contribution in [-0.4, -0.2) is 17.9 Å². The maximum Gasteiger partial charge on any atom is 0.279 e. The summed E-state index contributed by atoms with van der Waals surface area (Å²) in [6.45, 7) is 5.40. The van der Waals surface area contributed by atoms with Crippen LogP contribution in [0.2, 0.25) is 0 Å². The summed E-state index contributed by atoms with van der Waals surface area (Å²) in [5, 5.41) is 0. The van der Waals surface area contributed by atoms with Crippen LogP contribution in [0, 0.1) is 19.7 Å². The molecular weight excluding hydrogens is 391 g/mol. The van der Waals surface area contributed by atoms with Gasteiger partial charge < -0.3 is 4.74 Å². The van der Waals surface area contributed by atoms with Crippen LogP contribution >= 0.6 is 15.9 Å². The third-order valence-electron chi connectivity index (χ3n) is 3.70. The van der Waals surface area contributed by atoms with Crippen molar-refractivity contribution in [1.29, 1.82) is 0 Å². The van der Waals surface area contributed by atoms with Gasteiger partial charge in [-0.1, -0.05) is 28.1 Å². The van der Waals surface area contributed by atoms with Crippen LogP contribution in [-0.2, 0) is 4.79 Å². The van der Waals surface area contributed by atoms with Gasteiger partial charge in [-0.2, -0.15) is 0 Å². The number of ether oxygens (including phenoxy) is 1. The van der Waals surface area contributed by atoms with E-state index in [4.69, 9.17) is 4.74 Å². The Hall–Kier alpha value is -2.41. The molecule has 5 nitrogen and oxygen atoms in total. The fraction of sp³-hybridized carbons (Fsp3) is 0.222. The van der Waals surface area contributed by atoms with Crippen molar-refractivity contribution < 1.29 is 18.7 Å². The molecule has 132 valence electrons. The van der Waals surface area contributed by atoms with Crippen molar-refractivity contribution in [2.24, 2.45) is 0 Å². The van der Waals surface area contributed by atoms with Gasteiger partial charge in [0.2, 0.25) is 0 Å². The number of nitrogens with one attached hydrogen (secondary N) is 2. The lowest BCUT2D eigenvalue weighted by atomic mass is 10.1. The zero-order valence-electron chi connectivity index (χ0n) is 14.0. The number of halogens is 2. The van der Waals surface area contributed by atoms with E-state index >= 15 is 0 Å². The molecule has 0 aromatic heterocycles. The molecule has 0 saturated carbocycles. The summed E-state index contributed by atoms with van der Waals surface area (Å²) in [5.41, 5.74) is 6.22. The van der Waals surface area contributed by atoms with Crippen molar-refractivity contribution in [3.05, 3.63) is 63.4 Å². The summed E-state index contributed by atoms with van der Waals surface area (Å²) < 4.78 is 19.9. The zero-order chi connectivity index (χ0) is 18.6. The van der Waals surface area contributed by atoms with Gasteiger partial charge >= 0.3 is 0 Å². The van der Waals surface area contributed by atoms with Crippen molar-refractivity contribution in [3.8, 4) is 5.75 Å². The molecule has 2 aromatic rings. The molecule has 0 bridgehead atoms. The Morgan fingerprint density at radius 1 is 1.16 bits per heavy atom. The van der Waals surface area contributed by atoms with E-state index in [1.165, 1.54) is 18.2 Å². The highest BCUT2D eigenvalue weighted by molar-refractivity contribution is 9.10. The number of carbonyl (C=O) groups is 2. The molecule has 2 N–H and O–H groups in total. The molecule has 0 spiro atoms. The van der Waals surface area contributed by atoms with E-state index in [2.05, 4.69) is 26.8 Å². The molecular formula is C18H18BrFN2O3. The second-order valence-corrected chi connectivity index (χ2v) is 6.44. The van der Waals surface area contributed by atoms with E-state index in [0.717, 1.165) is 11.1 Å². The van der Waals surface area contributed by atoms with Gasteiger partial charge in [-0.15, -0.1) is 0 Å². The van der Waals surface area contributed by atoms with Gasteiger partial charge in [0.25, 0.3) is 11.8 Å². The fourth-order valence-corrected chi connectivity index (χ4v) is 2.39. The van der Waals surface area contributed by atoms with Crippen LogP contribution in [0.1, 0.15) is 28.4 Å². The summed E-state index contributed by atoms with van der Waals surface area (Å²) in [6.07, 6.45) is -0.837. The number of hydrazine groups is 1. The molecule has 2 amide bonds. The topological polar surface area (TPSA) is 67.4 Å². The number of amides is 2. The number of benzene rings is 2. The molecule has 7 heteroatoms. The average Bonchev–Trinajstić information content (AvgIpc) is 2.56. The molecule has 0 fully saturated rings. The summed E-state index contributed by atoms with van der Waals surface area (Å²) in [4.78, 5) is 24.0. The van der Waals surface area contributed by atoms with Crippen LogP contribution in [0.4, 0.5) is 4.39 Å². The molecule has 2 rings (SSSR count). The Kier molecular flexibility index (Phi) is 6.14. The van der Waals surface area contributed by atoms with E-state index in [9.17, 15) is 14.0 Å². The van der Waals surface area contributed by atoms with Gasteiger partial charge in [0.05, 0.1) is 5.56 Å². The minimum absolute atomic E-state index is 0.174. The lowest BCUT2D eigenvalue weighted by Crippen LogP contribution is -2.47. The van der Waals surface area contributed by atoms with Gasteiger partial charge in [0.15, 0.2) is 6.10 Å². The molecule has 2 aromatic carbocycles. The van der Waals surface area contributed by atoms with E-state index in [0.29, 0.717) is 10.2 Å². The van der Waals surface area contributed by atoms with Gasteiger partial charge in [-0.25, -0.2) is 4.39 Å². The zero-order valence-corrected chi connectivity index (χ0v) is 15.6. The second-order valence-electron chi connectivity index (χ2n) is 5.53. The van der Waals surface area contributed by atoms with Gasteiger partial charge in [-0.05, 0) is 56.2 Å². The van der Waals surface area contributed by atoms with E-state index in [1.807, 2.05) is 26.0 Å². The van der Waals surface area contributed by atoms with Crippen LogP contribution in [0.15, 0.2) is 40.9 Å². The highest BCUT2D eigenvalue weighted by Gasteiger charge is 2.18. The molecule has 0 unspecified atom stereocenters. The molecule has 0 radical (unpaired) electrons. The Labute approximate surface area is 153 Å². The van der Waals surface area contributed by atoms with Crippen molar-refractivity contribution in [2.45, 2.75) is 26.9 Å². The lowest BCUT2D eigenvalue weighted by molar-refractivity contribution is -0.128. The first-order valence-corrected chi connectivity index (χ1v) is 8.37. The number of hydrogen-bond acceptors (Lipinski definition) is 3. The van der Waals surface area contributed by atoms with Crippen molar-refractivity contribution >= 4 is 27.7 Å². The van der Waals surface area contributed by atoms with Crippen molar-refractivity contribution in [1.82, 2.24) is 10.9 Å². The van der Waals surface area contributed by atoms with E-state index in [1.54, 1.807) is 13.0 Å². The number of aryl methyl sites for hydroxylation is 1. The van der Waals surface area contributed by atoms with Crippen LogP contribution in [0.3, 0.4) is 0 Å². The van der Waals surface area contributed by atoms with Crippen molar-refractivity contribution in [3.63, 3.8) is 0 Å². The largest absolute Gasteiger partial charge is 0.481 e. The van der Waals surface area contributed by atoms with Gasteiger partial charge in [-0.3, -0.25) is 20.4 Å². The Morgan fingerprint density at radius 2 is 1.88 bits per heavy atom. The monoisotopic (exact) mass is 408 g/mol. The summed E-state index contributed by atoms with van der Waals surface area (Å²) in [6, 6.07) is 9.56. The maximum atomic E-state index is 13.7. The SMILES string of the molecule is Cc1cccc(O[C@@H](C)C(=O)NNC(=O)c2ccc(Br)cc2F)c1C. The van der Waals surface area contributed by atoms with Gasteiger partial charge in [0.1, 0.15) is 11.6 Å². The Balaban J connectivity index is 1.95. The summed E-state index contributed by atoms with van der Waals surface area (Å²) in [5.74, 6) is -1.40. The smallest absolute Gasteiger partial charge is 0.279 e. The minimum atomic E-state index is -0.837. The molecule has 0 aliphatic heterocycles. The molecule has 0 aliphatic rings. The first-order valence-electron chi connectivity index (χ1n) is 7.57. The van der Waals surface area contributed by atoms with Gasteiger partial charge in [0, 0.05) is 4.47 Å². The molecule has 0 aliphatic carbocycles. The third kappa shape index (κ3) is 4.79. The third-order valence-corrected chi connectivity index (χ3v) is 4.20. The number of carbonyl (C=O) groups excluding carboxylic acids is 2. The fourth-order valence-electron chi connectivity index (χ4n) is 2.06. The summed E-state index contributed by atoms with van der Waals surface area (Å²) in [7, 11) is 0. The maximum absolute atomic E-state index is 13.7. The first-order chi connectivity index (χ1) is 11.8. The van der Waals surface area contributed by atoms with Crippen molar-refractivity contribution in [2.75, 3.05) is 0 Å². The van der Waals surface area contributed by atoms with Crippen LogP contribution in [0.25, 0.3) is 0 Å². The predicted molar refractivity (Wildman–Crippen MR) is 95.7 cm³/mol. The van der Waals surface area contributed by atoms with E-state index < -0.39 is 23.7 Å². The summed E-state index contributed by atoms with van der Waals surface area (Å²) >= 11 is 3.11. The van der Waals surface area contributed by atoms with Crippen LogP contribution < -0.4 is 15.6 Å². The quantitative estimate of drug-likeness (QED) is 0.761. The van der Waals surface area contributed by atoms with Crippen LogP contribution in [0.5, 0.6) is 5.75 Å². The number of rotatable bonds is 4. The highest BCUT2D eigenvalue weighted by Crippen LogP contribution is 2.21. The lowest BCUT2D eigenvalue weighted by Gasteiger charge is -2.17. The molecule has 1 atom stereocenters. The Bertz CT molecular complexity index is 811. The number of hydrogen-bond donors (Lipinski definition) is 2.